The van der Waals surface area contributed by atoms with Crippen molar-refractivity contribution in [3.05, 3.63) is 51.6 Å². The minimum absolute atomic E-state index is 0.149. The molecule has 1 N–H and O–H groups in total. The van der Waals surface area contributed by atoms with Gasteiger partial charge >= 0.3 is 5.97 Å². The third-order valence-corrected chi connectivity index (χ3v) is 3.13. The molecular formula is C14H12BrNO3. The second-order valence-corrected chi connectivity index (χ2v) is 5.08. The van der Waals surface area contributed by atoms with E-state index in [0.717, 1.165) is 10.0 Å². The zero-order valence-electron chi connectivity index (χ0n) is 10.5. The van der Waals surface area contributed by atoms with Gasteiger partial charge in [-0.25, -0.2) is 9.78 Å². The van der Waals surface area contributed by atoms with Crippen LogP contribution in [-0.2, 0) is 0 Å². The summed E-state index contributed by atoms with van der Waals surface area (Å²) < 4.78 is 6.63. The Morgan fingerprint density at radius 1 is 1.26 bits per heavy atom. The molecule has 0 saturated carbocycles. The summed E-state index contributed by atoms with van der Waals surface area (Å²) in [5.74, 6) is 0.0973. The van der Waals surface area contributed by atoms with E-state index in [9.17, 15) is 4.79 Å². The Kier molecular flexibility index (Phi) is 3.85. The van der Waals surface area contributed by atoms with E-state index in [4.69, 9.17) is 9.84 Å². The fourth-order valence-corrected chi connectivity index (χ4v) is 1.91. The molecule has 0 spiro atoms. The van der Waals surface area contributed by atoms with Gasteiger partial charge < -0.3 is 9.84 Å². The molecule has 2 aromatic rings. The predicted octanol–water partition coefficient (Wildman–Crippen LogP) is 3.95. The van der Waals surface area contributed by atoms with Crippen LogP contribution in [0.1, 0.15) is 21.5 Å². The van der Waals surface area contributed by atoms with Gasteiger partial charge in [0, 0.05) is 16.2 Å². The highest BCUT2D eigenvalue weighted by atomic mass is 79.9. The Labute approximate surface area is 119 Å². The lowest BCUT2D eigenvalue weighted by molar-refractivity contribution is 0.0696. The highest BCUT2D eigenvalue weighted by Crippen LogP contribution is 2.28. The Morgan fingerprint density at radius 2 is 2.00 bits per heavy atom. The first-order valence-corrected chi connectivity index (χ1v) is 6.40. The summed E-state index contributed by atoms with van der Waals surface area (Å²) >= 11 is 3.38. The second kappa shape index (κ2) is 5.40. The van der Waals surface area contributed by atoms with Crippen molar-refractivity contribution in [2.24, 2.45) is 0 Å². The van der Waals surface area contributed by atoms with E-state index in [2.05, 4.69) is 20.9 Å². The third kappa shape index (κ3) is 3.12. The van der Waals surface area contributed by atoms with Crippen LogP contribution >= 0.6 is 15.9 Å². The molecular weight excluding hydrogens is 310 g/mol. The number of aromatic nitrogens is 1. The average molecular weight is 322 g/mol. The fourth-order valence-electron chi connectivity index (χ4n) is 1.57. The van der Waals surface area contributed by atoms with Crippen LogP contribution in [-0.4, -0.2) is 16.1 Å². The monoisotopic (exact) mass is 321 g/mol. The lowest BCUT2D eigenvalue weighted by Gasteiger charge is -2.10. The van der Waals surface area contributed by atoms with Crippen molar-refractivity contribution in [1.29, 1.82) is 0 Å². The molecule has 0 saturated heterocycles. The number of aryl methyl sites for hydroxylation is 2. The number of carboxylic acid groups (broad SMARTS) is 1. The van der Waals surface area contributed by atoms with E-state index in [0.29, 0.717) is 17.2 Å². The molecule has 0 aliphatic heterocycles. The second-order valence-electron chi connectivity index (χ2n) is 4.16. The molecule has 1 aromatic carbocycles. The quantitative estimate of drug-likeness (QED) is 0.929. The van der Waals surface area contributed by atoms with Crippen molar-refractivity contribution in [2.75, 3.05) is 0 Å². The highest BCUT2D eigenvalue weighted by molar-refractivity contribution is 9.10. The number of carbonyl (C=O) groups is 1. The van der Waals surface area contributed by atoms with Crippen molar-refractivity contribution >= 4 is 21.9 Å². The standard InChI is InChI=1S/C14H12BrNO3/c1-8-3-4-11(15)6-12(8)19-13-9(2)5-10(7-16-13)14(17)18/h3-7H,1-2H3,(H,17,18). The number of hydrogen-bond acceptors (Lipinski definition) is 3. The number of rotatable bonds is 3. The number of nitrogens with zero attached hydrogens (tertiary/aromatic N) is 1. The summed E-state index contributed by atoms with van der Waals surface area (Å²) in [6, 6.07) is 7.25. The number of carboxylic acids is 1. The van der Waals surface area contributed by atoms with Gasteiger partial charge in [0.15, 0.2) is 0 Å². The molecule has 1 aromatic heterocycles. The average Bonchev–Trinajstić information content (AvgIpc) is 2.36. The molecule has 0 atom stereocenters. The van der Waals surface area contributed by atoms with E-state index < -0.39 is 5.97 Å². The maximum absolute atomic E-state index is 10.8. The smallest absolute Gasteiger partial charge is 0.337 e. The van der Waals surface area contributed by atoms with Crippen LogP contribution in [0.2, 0.25) is 0 Å². The summed E-state index contributed by atoms with van der Waals surface area (Å²) in [6.07, 6.45) is 1.29. The van der Waals surface area contributed by atoms with Crippen LogP contribution in [0, 0.1) is 13.8 Å². The van der Waals surface area contributed by atoms with E-state index in [-0.39, 0.29) is 5.56 Å². The van der Waals surface area contributed by atoms with Crippen molar-refractivity contribution in [3.63, 3.8) is 0 Å². The topological polar surface area (TPSA) is 59.4 Å². The highest BCUT2D eigenvalue weighted by Gasteiger charge is 2.10. The lowest BCUT2D eigenvalue weighted by atomic mass is 10.2. The number of halogens is 1. The van der Waals surface area contributed by atoms with Gasteiger partial charge in [-0.05, 0) is 37.6 Å². The van der Waals surface area contributed by atoms with E-state index >= 15 is 0 Å². The Morgan fingerprint density at radius 3 is 2.63 bits per heavy atom. The SMILES string of the molecule is Cc1ccc(Br)cc1Oc1ncc(C(=O)O)cc1C. The van der Waals surface area contributed by atoms with Gasteiger partial charge in [0.25, 0.3) is 0 Å². The number of pyridine rings is 1. The van der Waals surface area contributed by atoms with Gasteiger partial charge in [-0.3, -0.25) is 0 Å². The van der Waals surface area contributed by atoms with Crippen LogP contribution in [0.4, 0.5) is 0 Å². The molecule has 0 unspecified atom stereocenters. The molecule has 2 rings (SSSR count). The largest absolute Gasteiger partial charge is 0.478 e. The molecule has 0 aliphatic carbocycles. The van der Waals surface area contributed by atoms with E-state index in [1.807, 2.05) is 25.1 Å². The third-order valence-electron chi connectivity index (χ3n) is 2.63. The van der Waals surface area contributed by atoms with Crippen LogP contribution in [0.15, 0.2) is 34.9 Å². The fraction of sp³-hybridized carbons (Fsp3) is 0.143. The molecule has 0 bridgehead atoms. The van der Waals surface area contributed by atoms with Crippen molar-refractivity contribution in [1.82, 2.24) is 4.98 Å². The van der Waals surface area contributed by atoms with Gasteiger partial charge in [-0.2, -0.15) is 0 Å². The lowest BCUT2D eigenvalue weighted by Crippen LogP contribution is -2.00. The van der Waals surface area contributed by atoms with Crippen LogP contribution in [0.3, 0.4) is 0 Å². The first-order chi connectivity index (χ1) is 8.97. The van der Waals surface area contributed by atoms with Crippen LogP contribution in [0.25, 0.3) is 0 Å². The predicted molar refractivity (Wildman–Crippen MR) is 74.9 cm³/mol. The molecule has 98 valence electrons. The Hall–Kier alpha value is -1.88. The molecule has 5 heteroatoms. The van der Waals surface area contributed by atoms with Gasteiger partial charge in [0.05, 0.1) is 5.56 Å². The molecule has 0 fully saturated rings. The Bertz CT molecular complexity index is 641. The van der Waals surface area contributed by atoms with E-state index in [1.165, 1.54) is 12.3 Å². The number of hydrogen-bond donors (Lipinski definition) is 1. The molecule has 0 aliphatic rings. The number of aromatic carboxylic acids is 1. The Balaban J connectivity index is 2.33. The molecule has 4 nitrogen and oxygen atoms in total. The molecule has 1 heterocycles. The molecule has 0 amide bonds. The zero-order chi connectivity index (χ0) is 14.0. The number of ether oxygens (including phenoxy) is 1. The summed E-state index contributed by atoms with van der Waals surface area (Å²) in [5.41, 5.74) is 1.81. The van der Waals surface area contributed by atoms with Gasteiger partial charge in [-0.1, -0.05) is 22.0 Å². The van der Waals surface area contributed by atoms with Crippen LogP contribution < -0.4 is 4.74 Å². The maximum atomic E-state index is 10.8. The molecule has 0 radical (unpaired) electrons. The van der Waals surface area contributed by atoms with Crippen molar-refractivity contribution in [2.45, 2.75) is 13.8 Å². The summed E-state index contributed by atoms with van der Waals surface area (Å²) in [6.45, 7) is 3.70. The normalized spacial score (nSPS) is 10.3. The first kappa shape index (κ1) is 13.5. The molecule has 19 heavy (non-hydrogen) atoms. The maximum Gasteiger partial charge on any atom is 0.337 e. The summed E-state index contributed by atoms with van der Waals surface area (Å²) in [7, 11) is 0. The van der Waals surface area contributed by atoms with E-state index in [1.54, 1.807) is 6.92 Å². The summed E-state index contributed by atoms with van der Waals surface area (Å²) in [5, 5.41) is 8.88. The van der Waals surface area contributed by atoms with Crippen molar-refractivity contribution < 1.29 is 14.6 Å². The van der Waals surface area contributed by atoms with Gasteiger partial charge in [0.1, 0.15) is 5.75 Å². The first-order valence-electron chi connectivity index (χ1n) is 5.61. The van der Waals surface area contributed by atoms with Crippen LogP contribution in [0.5, 0.6) is 11.6 Å². The van der Waals surface area contributed by atoms with Crippen molar-refractivity contribution in [3.8, 4) is 11.6 Å². The van der Waals surface area contributed by atoms with Gasteiger partial charge in [0.2, 0.25) is 5.88 Å². The minimum atomic E-state index is -0.999. The summed E-state index contributed by atoms with van der Waals surface area (Å²) in [4.78, 5) is 14.9. The number of benzene rings is 1. The minimum Gasteiger partial charge on any atom is -0.478 e. The zero-order valence-corrected chi connectivity index (χ0v) is 12.1. The van der Waals surface area contributed by atoms with Gasteiger partial charge in [-0.15, -0.1) is 0 Å².